The number of aromatic nitrogens is 2. The van der Waals surface area contributed by atoms with E-state index in [1.807, 2.05) is 31.3 Å². The minimum absolute atomic E-state index is 1.06. The van der Waals surface area contributed by atoms with Crippen LogP contribution >= 0.6 is 0 Å². The number of pyridine rings is 1. The van der Waals surface area contributed by atoms with Gasteiger partial charge in [-0.1, -0.05) is 18.2 Å². The first-order valence-corrected chi connectivity index (χ1v) is 4.69. The third kappa shape index (κ3) is 0.880. The van der Waals surface area contributed by atoms with Crippen LogP contribution in [0, 0.1) is 6.92 Å². The highest BCUT2D eigenvalue weighted by Gasteiger charge is 2.04. The van der Waals surface area contributed by atoms with Gasteiger partial charge < -0.3 is 4.98 Å². The molecule has 68 valence electrons. The van der Waals surface area contributed by atoms with Gasteiger partial charge in [0.15, 0.2) is 0 Å². The van der Waals surface area contributed by atoms with Crippen LogP contribution in [0.2, 0.25) is 0 Å². The van der Waals surface area contributed by atoms with Crippen LogP contribution < -0.4 is 0 Å². The fourth-order valence-corrected chi connectivity index (χ4v) is 1.92. The molecule has 0 aliphatic carbocycles. The lowest BCUT2D eigenvalue weighted by Crippen LogP contribution is -1.85. The van der Waals surface area contributed by atoms with Gasteiger partial charge in [-0.05, 0) is 19.1 Å². The summed E-state index contributed by atoms with van der Waals surface area (Å²) in [7, 11) is 0. The number of fused-ring (bicyclic) bond motifs is 3. The third-order valence-electron chi connectivity index (χ3n) is 2.60. The van der Waals surface area contributed by atoms with E-state index in [2.05, 4.69) is 22.1 Å². The van der Waals surface area contributed by atoms with Crippen molar-refractivity contribution in [1.29, 1.82) is 0 Å². The number of hydrogen-bond acceptors (Lipinski definition) is 1. The van der Waals surface area contributed by atoms with Gasteiger partial charge in [-0.25, -0.2) is 0 Å². The molecule has 0 aliphatic heterocycles. The van der Waals surface area contributed by atoms with Crippen molar-refractivity contribution in [2.45, 2.75) is 6.92 Å². The van der Waals surface area contributed by atoms with E-state index in [1.165, 1.54) is 16.3 Å². The molecular weight excluding hydrogens is 172 g/mol. The van der Waals surface area contributed by atoms with Gasteiger partial charge in [-0.2, -0.15) is 0 Å². The molecule has 3 rings (SSSR count). The number of hydrogen-bond donors (Lipinski definition) is 1. The number of nitrogens with zero attached hydrogens (tertiary/aromatic N) is 1. The maximum Gasteiger partial charge on any atom is 0.0726 e. The molecule has 0 radical (unpaired) electrons. The van der Waals surface area contributed by atoms with Gasteiger partial charge in [0.25, 0.3) is 0 Å². The van der Waals surface area contributed by atoms with Gasteiger partial charge >= 0.3 is 0 Å². The quantitative estimate of drug-likeness (QED) is 0.568. The molecule has 1 N–H and O–H groups in total. The van der Waals surface area contributed by atoms with Crippen molar-refractivity contribution in [1.82, 2.24) is 9.97 Å². The van der Waals surface area contributed by atoms with Crippen LogP contribution in [0.15, 0.2) is 36.5 Å². The Bertz CT molecular complexity index is 608. The third-order valence-corrected chi connectivity index (χ3v) is 2.60. The maximum absolute atomic E-state index is 4.56. The van der Waals surface area contributed by atoms with Crippen LogP contribution in [0.5, 0.6) is 0 Å². The van der Waals surface area contributed by atoms with Gasteiger partial charge in [0.2, 0.25) is 0 Å². The monoisotopic (exact) mass is 182 g/mol. The van der Waals surface area contributed by atoms with Crippen molar-refractivity contribution in [3.63, 3.8) is 0 Å². The molecule has 2 heteroatoms. The van der Waals surface area contributed by atoms with Crippen molar-refractivity contribution >= 4 is 21.8 Å². The van der Waals surface area contributed by atoms with Gasteiger partial charge in [-0.3, -0.25) is 4.98 Å². The van der Waals surface area contributed by atoms with Crippen molar-refractivity contribution in [2.75, 3.05) is 0 Å². The largest absolute Gasteiger partial charge is 0.361 e. The van der Waals surface area contributed by atoms with Crippen molar-refractivity contribution < 1.29 is 0 Å². The summed E-state index contributed by atoms with van der Waals surface area (Å²) in [5.74, 6) is 0. The molecular formula is C12H10N2. The molecule has 0 amide bonds. The fourth-order valence-electron chi connectivity index (χ4n) is 1.92. The molecule has 2 heterocycles. The summed E-state index contributed by atoms with van der Waals surface area (Å²) >= 11 is 0. The molecule has 0 fully saturated rings. The second-order valence-electron chi connectivity index (χ2n) is 3.48. The molecule has 2 aromatic heterocycles. The topological polar surface area (TPSA) is 28.7 Å². The Kier molecular flexibility index (Phi) is 1.39. The van der Waals surface area contributed by atoms with Crippen LogP contribution in [0.25, 0.3) is 21.8 Å². The van der Waals surface area contributed by atoms with E-state index in [9.17, 15) is 0 Å². The van der Waals surface area contributed by atoms with Crippen molar-refractivity contribution in [3.05, 3.63) is 42.2 Å². The molecule has 0 spiro atoms. The lowest BCUT2D eigenvalue weighted by atomic mass is 10.1. The molecule has 2 nitrogen and oxygen atoms in total. The van der Waals surface area contributed by atoms with Crippen LogP contribution in [0.4, 0.5) is 0 Å². The molecule has 14 heavy (non-hydrogen) atoms. The van der Waals surface area contributed by atoms with Gasteiger partial charge in [0.05, 0.1) is 11.0 Å². The first-order valence-electron chi connectivity index (χ1n) is 4.69. The van der Waals surface area contributed by atoms with Gasteiger partial charge in [-0.15, -0.1) is 0 Å². The number of para-hydroxylation sites is 1. The molecule has 0 saturated heterocycles. The Labute approximate surface area is 81.6 Å². The minimum atomic E-state index is 1.06. The molecule has 0 bridgehead atoms. The SMILES string of the molecule is Cc1nc2ccccc2c2[nH]ccc12. The summed E-state index contributed by atoms with van der Waals surface area (Å²) in [6, 6.07) is 10.3. The Morgan fingerprint density at radius 2 is 1.93 bits per heavy atom. The van der Waals surface area contributed by atoms with Crippen molar-refractivity contribution in [2.24, 2.45) is 0 Å². The van der Waals surface area contributed by atoms with E-state index in [-0.39, 0.29) is 0 Å². The molecule has 0 atom stereocenters. The maximum atomic E-state index is 4.56. The van der Waals surface area contributed by atoms with E-state index in [1.54, 1.807) is 0 Å². The zero-order chi connectivity index (χ0) is 9.54. The van der Waals surface area contributed by atoms with E-state index < -0.39 is 0 Å². The van der Waals surface area contributed by atoms with Gasteiger partial charge in [0.1, 0.15) is 0 Å². The van der Waals surface area contributed by atoms with Crippen LogP contribution in [0.1, 0.15) is 5.69 Å². The number of H-pyrrole nitrogens is 1. The summed E-state index contributed by atoms with van der Waals surface area (Å²) in [6.07, 6.45) is 1.96. The smallest absolute Gasteiger partial charge is 0.0726 e. The first kappa shape index (κ1) is 7.56. The lowest BCUT2D eigenvalue weighted by molar-refractivity contribution is 1.29. The number of aryl methyl sites for hydroxylation is 1. The molecule has 3 aromatic rings. The summed E-state index contributed by atoms with van der Waals surface area (Å²) in [6.45, 7) is 2.04. The average molecular weight is 182 g/mol. The van der Waals surface area contributed by atoms with Crippen molar-refractivity contribution in [3.8, 4) is 0 Å². The van der Waals surface area contributed by atoms with E-state index >= 15 is 0 Å². The Balaban J connectivity index is 2.66. The highest BCUT2D eigenvalue weighted by Crippen LogP contribution is 2.24. The average Bonchev–Trinajstić information content (AvgIpc) is 2.67. The molecule has 0 saturated carbocycles. The Morgan fingerprint density at radius 1 is 1.07 bits per heavy atom. The number of rotatable bonds is 0. The molecule has 0 aliphatic rings. The van der Waals surface area contributed by atoms with Crippen LogP contribution in [-0.2, 0) is 0 Å². The Morgan fingerprint density at radius 3 is 2.86 bits per heavy atom. The highest BCUT2D eigenvalue weighted by atomic mass is 14.7. The number of nitrogens with one attached hydrogen (secondary N) is 1. The van der Waals surface area contributed by atoms with Gasteiger partial charge in [0, 0.05) is 22.7 Å². The number of benzene rings is 1. The fraction of sp³-hybridized carbons (Fsp3) is 0.0833. The predicted molar refractivity (Wildman–Crippen MR) is 58.3 cm³/mol. The van der Waals surface area contributed by atoms with E-state index in [0.29, 0.717) is 0 Å². The Hall–Kier alpha value is -1.83. The van der Waals surface area contributed by atoms with E-state index in [4.69, 9.17) is 0 Å². The first-order chi connectivity index (χ1) is 6.86. The van der Waals surface area contributed by atoms with Crippen LogP contribution in [0.3, 0.4) is 0 Å². The summed E-state index contributed by atoms with van der Waals surface area (Å²) in [5, 5.41) is 2.40. The normalized spacial score (nSPS) is 11.2. The molecule has 0 unspecified atom stereocenters. The molecule has 1 aromatic carbocycles. The predicted octanol–water partition coefficient (Wildman–Crippen LogP) is 3.02. The van der Waals surface area contributed by atoms with E-state index in [0.717, 1.165) is 11.2 Å². The standard InChI is InChI=1S/C12H10N2/c1-8-9-6-7-13-12(9)10-4-2-3-5-11(10)14-8/h2-7,13H,1H3. The highest BCUT2D eigenvalue weighted by molar-refractivity contribution is 6.04. The minimum Gasteiger partial charge on any atom is -0.361 e. The van der Waals surface area contributed by atoms with Crippen LogP contribution in [-0.4, -0.2) is 9.97 Å². The summed E-state index contributed by atoms with van der Waals surface area (Å²) < 4.78 is 0. The summed E-state index contributed by atoms with van der Waals surface area (Å²) in [5.41, 5.74) is 3.33. The second kappa shape index (κ2) is 2.58. The zero-order valence-electron chi connectivity index (χ0n) is 7.91. The zero-order valence-corrected chi connectivity index (χ0v) is 7.91. The number of aromatic amines is 1. The summed E-state index contributed by atoms with van der Waals surface area (Å²) in [4.78, 5) is 7.82. The lowest BCUT2D eigenvalue weighted by Gasteiger charge is -2.01. The second-order valence-corrected chi connectivity index (χ2v) is 3.48.